The lowest BCUT2D eigenvalue weighted by molar-refractivity contribution is 0.641. The lowest BCUT2D eigenvalue weighted by Gasteiger charge is -2.35. The Hall–Kier alpha value is -2.70. The van der Waals surface area contributed by atoms with Crippen LogP contribution >= 0.6 is 0 Å². The third-order valence-electron chi connectivity index (χ3n) is 4.83. The number of hydrogen-bond donors (Lipinski definition) is 0. The number of pyridine rings is 1. The Bertz CT molecular complexity index is 848. The first kappa shape index (κ1) is 13.7. The van der Waals surface area contributed by atoms with E-state index in [9.17, 15) is 0 Å². The van der Waals surface area contributed by atoms with Gasteiger partial charge in [0.05, 0.1) is 0 Å². The van der Waals surface area contributed by atoms with Crippen molar-refractivity contribution in [3.8, 4) is 0 Å². The molecular formula is C17H19N7. The zero-order chi connectivity index (χ0) is 15.9. The van der Waals surface area contributed by atoms with Gasteiger partial charge in [-0.05, 0) is 25.0 Å². The van der Waals surface area contributed by atoms with Gasteiger partial charge in [0.2, 0.25) is 5.65 Å². The van der Waals surface area contributed by atoms with Crippen molar-refractivity contribution in [3.05, 3.63) is 42.6 Å². The molecule has 1 aliphatic heterocycles. The Balaban J connectivity index is 1.39. The third-order valence-corrected chi connectivity index (χ3v) is 4.83. The Morgan fingerprint density at radius 2 is 1.71 bits per heavy atom. The standard InChI is InChI=1S/C17H19N7/c1-2-6-18-14(3-1)22-9-11-23(12-10-22)16-17-21-20-15(13-4-5-13)24(17)8-7-19-16/h1-3,6-8,13H,4-5,9-12H2. The van der Waals surface area contributed by atoms with Crippen molar-refractivity contribution in [2.24, 2.45) is 0 Å². The molecule has 0 unspecified atom stereocenters. The van der Waals surface area contributed by atoms with Crippen molar-refractivity contribution < 1.29 is 0 Å². The second kappa shape index (κ2) is 5.43. The molecule has 0 atom stereocenters. The molecule has 3 aromatic rings. The summed E-state index contributed by atoms with van der Waals surface area (Å²) in [6, 6.07) is 6.05. The van der Waals surface area contributed by atoms with E-state index >= 15 is 0 Å². The maximum atomic E-state index is 4.59. The summed E-state index contributed by atoms with van der Waals surface area (Å²) < 4.78 is 2.12. The van der Waals surface area contributed by atoms with Crippen LogP contribution in [0.15, 0.2) is 36.8 Å². The summed E-state index contributed by atoms with van der Waals surface area (Å²) in [5.41, 5.74) is 0.880. The minimum Gasteiger partial charge on any atom is -0.353 e. The van der Waals surface area contributed by atoms with Crippen molar-refractivity contribution >= 4 is 17.3 Å². The first-order chi connectivity index (χ1) is 11.9. The molecule has 2 aliphatic rings. The molecule has 1 saturated carbocycles. The van der Waals surface area contributed by atoms with Crippen molar-refractivity contribution in [3.63, 3.8) is 0 Å². The average molecular weight is 321 g/mol. The Kier molecular flexibility index (Phi) is 3.11. The highest BCUT2D eigenvalue weighted by Gasteiger charge is 2.30. The fourth-order valence-electron chi connectivity index (χ4n) is 3.36. The number of hydrogen-bond acceptors (Lipinski definition) is 6. The van der Waals surface area contributed by atoms with Gasteiger partial charge in [0.15, 0.2) is 5.82 Å². The van der Waals surface area contributed by atoms with Crippen LogP contribution in [-0.2, 0) is 0 Å². The molecule has 0 radical (unpaired) electrons. The highest BCUT2D eigenvalue weighted by molar-refractivity contribution is 5.64. The number of anilines is 2. The van der Waals surface area contributed by atoms with E-state index in [1.54, 1.807) is 0 Å². The lowest BCUT2D eigenvalue weighted by atomic mass is 10.3. The Morgan fingerprint density at radius 3 is 2.46 bits per heavy atom. The molecule has 3 aromatic heterocycles. The van der Waals surface area contributed by atoms with Gasteiger partial charge in [-0.2, -0.15) is 0 Å². The van der Waals surface area contributed by atoms with Crippen LogP contribution in [0.2, 0.25) is 0 Å². The van der Waals surface area contributed by atoms with Gasteiger partial charge < -0.3 is 9.80 Å². The van der Waals surface area contributed by atoms with Crippen molar-refractivity contribution in [1.82, 2.24) is 24.6 Å². The quantitative estimate of drug-likeness (QED) is 0.732. The first-order valence-corrected chi connectivity index (χ1v) is 8.51. The maximum Gasteiger partial charge on any atom is 0.203 e. The molecule has 122 valence electrons. The molecule has 7 heteroatoms. The van der Waals surface area contributed by atoms with Crippen LogP contribution in [0, 0.1) is 0 Å². The van der Waals surface area contributed by atoms with E-state index in [2.05, 4.69) is 40.4 Å². The SMILES string of the molecule is c1ccc(N2CCN(c3nccn4c(C5CC5)nnc34)CC2)nc1. The monoisotopic (exact) mass is 321 g/mol. The van der Waals surface area contributed by atoms with E-state index in [4.69, 9.17) is 0 Å². The van der Waals surface area contributed by atoms with E-state index in [-0.39, 0.29) is 0 Å². The molecule has 5 rings (SSSR count). The maximum absolute atomic E-state index is 4.59. The molecule has 0 bridgehead atoms. The molecule has 24 heavy (non-hydrogen) atoms. The summed E-state index contributed by atoms with van der Waals surface area (Å²) in [6.45, 7) is 3.69. The molecule has 7 nitrogen and oxygen atoms in total. The molecular weight excluding hydrogens is 302 g/mol. The normalized spacial score (nSPS) is 18.3. The summed E-state index contributed by atoms with van der Waals surface area (Å²) in [4.78, 5) is 13.7. The van der Waals surface area contributed by atoms with Crippen LogP contribution in [0.4, 0.5) is 11.6 Å². The van der Waals surface area contributed by atoms with Gasteiger partial charge in [-0.3, -0.25) is 4.40 Å². The average Bonchev–Trinajstić information content (AvgIpc) is 3.41. The van der Waals surface area contributed by atoms with E-state index in [1.165, 1.54) is 12.8 Å². The molecule has 0 amide bonds. The summed E-state index contributed by atoms with van der Waals surface area (Å²) in [7, 11) is 0. The van der Waals surface area contributed by atoms with E-state index < -0.39 is 0 Å². The van der Waals surface area contributed by atoms with E-state index in [1.807, 2.05) is 30.7 Å². The van der Waals surface area contributed by atoms with Crippen LogP contribution in [-0.4, -0.2) is 50.7 Å². The smallest absolute Gasteiger partial charge is 0.203 e. The first-order valence-electron chi connectivity index (χ1n) is 8.51. The van der Waals surface area contributed by atoms with Gasteiger partial charge in [-0.1, -0.05) is 6.07 Å². The minimum atomic E-state index is 0.580. The fourth-order valence-corrected chi connectivity index (χ4v) is 3.36. The predicted molar refractivity (Wildman–Crippen MR) is 91.4 cm³/mol. The number of aromatic nitrogens is 5. The highest BCUT2D eigenvalue weighted by atomic mass is 15.3. The molecule has 0 N–H and O–H groups in total. The Labute approximate surface area is 140 Å². The van der Waals surface area contributed by atoms with Crippen LogP contribution in [0.3, 0.4) is 0 Å². The van der Waals surface area contributed by atoms with Crippen molar-refractivity contribution in [1.29, 1.82) is 0 Å². The van der Waals surface area contributed by atoms with Gasteiger partial charge in [-0.25, -0.2) is 9.97 Å². The summed E-state index contributed by atoms with van der Waals surface area (Å²) in [5.74, 6) is 3.65. The van der Waals surface area contributed by atoms with Crippen molar-refractivity contribution in [2.75, 3.05) is 36.0 Å². The van der Waals surface area contributed by atoms with Gasteiger partial charge in [0.1, 0.15) is 11.6 Å². The second-order valence-corrected chi connectivity index (χ2v) is 6.44. The number of piperazine rings is 1. The second-order valence-electron chi connectivity index (χ2n) is 6.44. The van der Waals surface area contributed by atoms with E-state index in [0.29, 0.717) is 5.92 Å². The zero-order valence-corrected chi connectivity index (χ0v) is 13.4. The third kappa shape index (κ3) is 2.28. The van der Waals surface area contributed by atoms with Gasteiger partial charge >= 0.3 is 0 Å². The molecule has 0 spiro atoms. The van der Waals surface area contributed by atoms with Crippen LogP contribution < -0.4 is 9.80 Å². The largest absolute Gasteiger partial charge is 0.353 e. The van der Waals surface area contributed by atoms with Crippen LogP contribution in [0.25, 0.3) is 5.65 Å². The number of nitrogens with zero attached hydrogens (tertiary/aromatic N) is 7. The topological polar surface area (TPSA) is 62.5 Å². The molecule has 1 saturated heterocycles. The lowest BCUT2D eigenvalue weighted by Crippen LogP contribution is -2.47. The molecule has 2 fully saturated rings. The Morgan fingerprint density at radius 1 is 0.875 bits per heavy atom. The number of rotatable bonds is 3. The van der Waals surface area contributed by atoms with Crippen LogP contribution in [0.1, 0.15) is 24.6 Å². The molecule has 4 heterocycles. The fraction of sp³-hybridized carbons (Fsp3) is 0.412. The summed E-state index contributed by atoms with van der Waals surface area (Å²) >= 11 is 0. The highest BCUT2D eigenvalue weighted by Crippen LogP contribution is 2.39. The molecule has 1 aliphatic carbocycles. The van der Waals surface area contributed by atoms with E-state index in [0.717, 1.165) is 49.3 Å². The number of fused-ring (bicyclic) bond motifs is 1. The van der Waals surface area contributed by atoms with Gasteiger partial charge in [-0.15, -0.1) is 10.2 Å². The zero-order valence-electron chi connectivity index (χ0n) is 13.4. The minimum absolute atomic E-state index is 0.580. The summed E-state index contributed by atoms with van der Waals surface area (Å²) in [5, 5.41) is 8.82. The van der Waals surface area contributed by atoms with Crippen LogP contribution in [0.5, 0.6) is 0 Å². The van der Waals surface area contributed by atoms with Crippen molar-refractivity contribution in [2.45, 2.75) is 18.8 Å². The molecule has 0 aromatic carbocycles. The van der Waals surface area contributed by atoms with Gasteiger partial charge in [0.25, 0.3) is 0 Å². The summed E-state index contributed by atoms with van der Waals surface area (Å²) in [6.07, 6.45) is 8.14. The predicted octanol–water partition coefficient (Wildman–Crippen LogP) is 1.72. The van der Waals surface area contributed by atoms with Gasteiger partial charge in [0, 0.05) is 50.7 Å².